The van der Waals surface area contributed by atoms with E-state index in [-0.39, 0.29) is 17.5 Å². The van der Waals surface area contributed by atoms with Gasteiger partial charge in [-0.1, -0.05) is 19.1 Å². The van der Waals surface area contributed by atoms with Crippen LogP contribution in [0.5, 0.6) is 0 Å². The van der Waals surface area contributed by atoms with E-state index in [4.69, 9.17) is 0 Å². The molecule has 140 valence electrons. The molecule has 1 fully saturated rings. The largest absolute Gasteiger partial charge is 0.352 e. The summed E-state index contributed by atoms with van der Waals surface area (Å²) in [6.07, 6.45) is 3.29. The molecule has 1 aliphatic rings. The van der Waals surface area contributed by atoms with Gasteiger partial charge in [0.25, 0.3) is 5.56 Å². The van der Waals surface area contributed by atoms with Crippen molar-refractivity contribution in [2.24, 2.45) is 5.92 Å². The summed E-state index contributed by atoms with van der Waals surface area (Å²) in [5, 5.41) is 3.64. The number of hydrogen-bond acceptors (Lipinski definition) is 4. The maximum Gasteiger partial charge on any atom is 0.258 e. The Morgan fingerprint density at radius 3 is 3.04 bits per heavy atom. The van der Waals surface area contributed by atoms with Crippen LogP contribution in [0.4, 0.5) is 0 Å². The number of aryl methyl sites for hydroxylation is 1. The molecule has 1 aromatic carbocycles. The van der Waals surface area contributed by atoms with E-state index in [0.29, 0.717) is 29.6 Å². The third-order valence-electron chi connectivity index (χ3n) is 4.93. The zero-order chi connectivity index (χ0) is 18.5. The van der Waals surface area contributed by atoms with Crippen LogP contribution >= 0.6 is 0 Å². The summed E-state index contributed by atoms with van der Waals surface area (Å²) < 4.78 is 0. The van der Waals surface area contributed by atoms with Crippen molar-refractivity contribution in [1.82, 2.24) is 20.2 Å². The molecule has 6 nitrogen and oxygen atoms in total. The van der Waals surface area contributed by atoms with Gasteiger partial charge in [-0.25, -0.2) is 4.98 Å². The second kappa shape index (κ2) is 8.45. The lowest BCUT2D eigenvalue weighted by molar-refractivity contribution is -0.121. The Kier molecular flexibility index (Phi) is 6.04. The lowest BCUT2D eigenvalue weighted by Crippen LogP contribution is -2.45. The molecule has 2 heterocycles. The van der Waals surface area contributed by atoms with Crippen LogP contribution in [0.3, 0.4) is 0 Å². The highest BCUT2D eigenvalue weighted by molar-refractivity contribution is 5.78. The van der Waals surface area contributed by atoms with Crippen LogP contribution in [0.15, 0.2) is 29.1 Å². The third kappa shape index (κ3) is 4.91. The monoisotopic (exact) mass is 356 g/mol. The van der Waals surface area contributed by atoms with Crippen LogP contribution < -0.4 is 10.9 Å². The fourth-order valence-corrected chi connectivity index (χ4v) is 3.72. The zero-order valence-electron chi connectivity index (χ0n) is 15.6. The summed E-state index contributed by atoms with van der Waals surface area (Å²) in [5.41, 5.74) is 0.512. The Bertz CT molecular complexity index is 817. The number of carbonyl (C=O) groups excluding carboxylic acids is 1. The molecular formula is C20H28N4O2. The number of likely N-dealkylation sites (tertiary alicyclic amines) is 1. The zero-order valence-corrected chi connectivity index (χ0v) is 15.6. The van der Waals surface area contributed by atoms with Crippen molar-refractivity contribution in [3.63, 3.8) is 0 Å². The van der Waals surface area contributed by atoms with Crippen molar-refractivity contribution in [2.45, 2.75) is 45.6 Å². The Labute approximate surface area is 154 Å². The number of aromatic nitrogens is 2. The number of nitrogens with zero attached hydrogens (tertiary/aromatic N) is 2. The van der Waals surface area contributed by atoms with E-state index >= 15 is 0 Å². The van der Waals surface area contributed by atoms with Crippen LogP contribution in [0.1, 0.15) is 38.9 Å². The lowest BCUT2D eigenvalue weighted by Gasteiger charge is -2.32. The summed E-state index contributed by atoms with van der Waals surface area (Å²) in [4.78, 5) is 34.0. The molecule has 0 saturated carbocycles. The third-order valence-corrected chi connectivity index (χ3v) is 4.93. The number of hydrogen-bond donors (Lipinski definition) is 2. The molecule has 2 unspecified atom stereocenters. The first-order valence-electron chi connectivity index (χ1n) is 9.51. The lowest BCUT2D eigenvalue weighted by atomic mass is 10.00. The molecule has 6 heteroatoms. The molecular weight excluding hydrogens is 328 g/mol. The Balaban J connectivity index is 1.50. The van der Waals surface area contributed by atoms with Gasteiger partial charge in [-0.15, -0.1) is 0 Å². The molecule has 1 saturated heterocycles. The molecule has 1 aromatic heterocycles. The van der Waals surface area contributed by atoms with Gasteiger partial charge < -0.3 is 15.2 Å². The van der Waals surface area contributed by atoms with E-state index in [1.54, 1.807) is 6.07 Å². The first-order chi connectivity index (χ1) is 12.5. The molecule has 0 aliphatic carbocycles. The number of aromatic amines is 1. The Hall–Kier alpha value is -2.21. The van der Waals surface area contributed by atoms with Gasteiger partial charge in [0.1, 0.15) is 5.82 Å². The Morgan fingerprint density at radius 1 is 1.42 bits per heavy atom. The van der Waals surface area contributed by atoms with Crippen LogP contribution in [0.2, 0.25) is 0 Å². The summed E-state index contributed by atoms with van der Waals surface area (Å²) in [6.45, 7) is 7.45. The van der Waals surface area contributed by atoms with Crippen LogP contribution in [-0.2, 0) is 11.2 Å². The van der Waals surface area contributed by atoms with E-state index in [9.17, 15) is 9.59 Å². The Morgan fingerprint density at radius 2 is 2.23 bits per heavy atom. The number of amides is 1. The molecule has 2 aromatic rings. The molecule has 1 amide bonds. The molecule has 3 rings (SSSR count). The summed E-state index contributed by atoms with van der Waals surface area (Å²) in [7, 11) is 0. The first-order valence-corrected chi connectivity index (χ1v) is 9.51. The van der Waals surface area contributed by atoms with Crippen molar-refractivity contribution in [3.8, 4) is 0 Å². The number of para-hydroxylation sites is 1. The van der Waals surface area contributed by atoms with E-state index in [1.807, 2.05) is 25.1 Å². The van der Waals surface area contributed by atoms with Crippen LogP contribution in [-0.4, -0.2) is 46.5 Å². The van der Waals surface area contributed by atoms with Crippen LogP contribution in [0.25, 0.3) is 10.9 Å². The maximum absolute atomic E-state index is 12.2. The number of fused-ring (bicyclic) bond motifs is 1. The highest BCUT2D eigenvalue weighted by atomic mass is 16.1. The van der Waals surface area contributed by atoms with Gasteiger partial charge in [0, 0.05) is 32.0 Å². The van der Waals surface area contributed by atoms with E-state index in [2.05, 4.69) is 27.1 Å². The topological polar surface area (TPSA) is 78.1 Å². The fourth-order valence-electron chi connectivity index (χ4n) is 3.72. The van der Waals surface area contributed by atoms with Gasteiger partial charge in [-0.3, -0.25) is 9.59 Å². The van der Waals surface area contributed by atoms with E-state index in [1.165, 1.54) is 12.8 Å². The maximum atomic E-state index is 12.2. The number of H-pyrrole nitrogens is 1. The number of piperidine rings is 1. The fraction of sp³-hybridized carbons (Fsp3) is 0.550. The van der Waals surface area contributed by atoms with Crippen molar-refractivity contribution in [2.75, 3.05) is 19.6 Å². The minimum Gasteiger partial charge on any atom is -0.352 e. The summed E-state index contributed by atoms with van der Waals surface area (Å²) in [5.74, 6) is 1.29. The van der Waals surface area contributed by atoms with Crippen molar-refractivity contribution in [1.29, 1.82) is 0 Å². The second-order valence-corrected chi connectivity index (χ2v) is 7.51. The first kappa shape index (κ1) is 18.6. The smallest absolute Gasteiger partial charge is 0.258 e. The second-order valence-electron chi connectivity index (χ2n) is 7.51. The van der Waals surface area contributed by atoms with Crippen LogP contribution in [0, 0.1) is 5.92 Å². The highest BCUT2D eigenvalue weighted by Crippen LogP contribution is 2.15. The molecule has 26 heavy (non-hydrogen) atoms. The standard InChI is InChI=1S/C20H28N4O2/c1-14-6-5-11-24(12-14)13-15(2)21-19(25)10-9-18-22-17-8-4-3-7-16(17)20(26)23-18/h3-4,7-8,14-15H,5-6,9-13H2,1-2H3,(H,21,25)(H,22,23,26). The molecule has 2 N–H and O–H groups in total. The number of rotatable bonds is 6. The van der Waals surface area contributed by atoms with Gasteiger partial charge in [-0.2, -0.15) is 0 Å². The van der Waals surface area contributed by atoms with E-state index in [0.717, 1.165) is 25.6 Å². The average Bonchev–Trinajstić information content (AvgIpc) is 2.60. The predicted octanol–water partition coefficient (Wildman–Crippen LogP) is 2.09. The van der Waals surface area contributed by atoms with E-state index < -0.39 is 0 Å². The van der Waals surface area contributed by atoms with Crippen molar-refractivity contribution >= 4 is 16.8 Å². The highest BCUT2D eigenvalue weighted by Gasteiger charge is 2.19. The summed E-state index contributed by atoms with van der Waals surface area (Å²) in [6, 6.07) is 7.36. The van der Waals surface area contributed by atoms with Gasteiger partial charge in [0.2, 0.25) is 5.91 Å². The SMILES string of the molecule is CC1CCCN(CC(C)NC(=O)CCc2nc3ccccc3c(=O)[nH]2)C1. The molecule has 2 atom stereocenters. The number of nitrogens with one attached hydrogen (secondary N) is 2. The number of benzene rings is 1. The normalized spacial score (nSPS) is 19.4. The molecule has 0 radical (unpaired) electrons. The summed E-state index contributed by atoms with van der Waals surface area (Å²) >= 11 is 0. The number of carbonyl (C=O) groups is 1. The molecule has 0 bridgehead atoms. The van der Waals surface area contributed by atoms with Gasteiger partial charge in [0.05, 0.1) is 10.9 Å². The quantitative estimate of drug-likeness (QED) is 0.831. The minimum absolute atomic E-state index is 0.00151. The van der Waals surface area contributed by atoms with Gasteiger partial charge in [-0.05, 0) is 44.4 Å². The average molecular weight is 356 g/mol. The van der Waals surface area contributed by atoms with Crippen molar-refractivity contribution in [3.05, 3.63) is 40.4 Å². The van der Waals surface area contributed by atoms with Gasteiger partial charge >= 0.3 is 0 Å². The van der Waals surface area contributed by atoms with Gasteiger partial charge in [0.15, 0.2) is 0 Å². The minimum atomic E-state index is -0.154. The predicted molar refractivity (Wildman–Crippen MR) is 103 cm³/mol. The molecule has 0 spiro atoms. The molecule has 1 aliphatic heterocycles. The van der Waals surface area contributed by atoms with Crippen molar-refractivity contribution < 1.29 is 4.79 Å².